The average molecular weight is 186 g/mol. The minimum atomic E-state index is 0.370. The molecule has 0 aliphatic rings. The topological polar surface area (TPSA) is 38.0 Å². The van der Waals surface area contributed by atoms with Gasteiger partial charge in [0.25, 0.3) is 0 Å². The average Bonchev–Trinajstić information content (AvgIpc) is 2.10. The third-order valence-corrected chi connectivity index (χ3v) is 2.45. The molecule has 0 aliphatic heterocycles. The van der Waals surface area contributed by atoms with E-state index in [2.05, 4.69) is 26.1 Å². The van der Waals surface area contributed by atoms with Crippen molar-refractivity contribution in [2.24, 2.45) is 11.7 Å². The minimum absolute atomic E-state index is 0.370. The molecular formula is C11H26N2. The predicted octanol–water partition coefficient (Wildman–Crippen LogP) is 2.14. The highest BCUT2D eigenvalue weighted by Crippen LogP contribution is 1.99. The molecule has 0 radical (unpaired) electrons. The Balaban J connectivity index is 2.99. The Hall–Kier alpha value is -0.0800. The summed E-state index contributed by atoms with van der Waals surface area (Å²) in [4.78, 5) is 0. The van der Waals surface area contributed by atoms with Gasteiger partial charge in [-0.1, -0.05) is 26.7 Å². The summed E-state index contributed by atoms with van der Waals surface area (Å²) in [6, 6.07) is 0.370. The maximum atomic E-state index is 5.66. The lowest BCUT2D eigenvalue weighted by atomic mass is 10.1. The fraction of sp³-hybridized carbons (Fsp3) is 1.00. The molecule has 13 heavy (non-hydrogen) atoms. The first-order valence-corrected chi connectivity index (χ1v) is 5.63. The van der Waals surface area contributed by atoms with Gasteiger partial charge in [-0.2, -0.15) is 0 Å². The van der Waals surface area contributed by atoms with Crippen molar-refractivity contribution in [2.75, 3.05) is 13.1 Å². The molecule has 2 unspecified atom stereocenters. The molecular weight excluding hydrogens is 160 g/mol. The third-order valence-electron chi connectivity index (χ3n) is 2.45. The molecule has 0 saturated carbocycles. The lowest BCUT2D eigenvalue weighted by Crippen LogP contribution is -2.22. The first-order valence-electron chi connectivity index (χ1n) is 5.63. The smallest absolute Gasteiger partial charge is 0.00104 e. The van der Waals surface area contributed by atoms with E-state index in [4.69, 9.17) is 5.73 Å². The van der Waals surface area contributed by atoms with Crippen LogP contribution in [0.15, 0.2) is 0 Å². The molecule has 2 heteroatoms. The normalized spacial score (nSPS) is 15.7. The summed E-state index contributed by atoms with van der Waals surface area (Å²) in [7, 11) is 0. The van der Waals surface area contributed by atoms with Crippen molar-refractivity contribution in [1.82, 2.24) is 5.32 Å². The summed E-state index contributed by atoms with van der Waals surface area (Å²) in [5.74, 6) is 0.813. The van der Waals surface area contributed by atoms with Gasteiger partial charge in [-0.25, -0.2) is 0 Å². The highest BCUT2D eigenvalue weighted by Gasteiger charge is 1.97. The van der Waals surface area contributed by atoms with Gasteiger partial charge in [-0.05, 0) is 38.8 Å². The maximum absolute atomic E-state index is 5.66. The molecule has 0 aromatic heterocycles. The zero-order valence-electron chi connectivity index (χ0n) is 9.47. The van der Waals surface area contributed by atoms with Crippen LogP contribution in [-0.2, 0) is 0 Å². The van der Waals surface area contributed by atoms with E-state index in [0.717, 1.165) is 25.4 Å². The van der Waals surface area contributed by atoms with E-state index in [-0.39, 0.29) is 0 Å². The van der Waals surface area contributed by atoms with Crippen LogP contribution in [0.25, 0.3) is 0 Å². The van der Waals surface area contributed by atoms with Gasteiger partial charge in [-0.15, -0.1) is 0 Å². The molecule has 80 valence electrons. The largest absolute Gasteiger partial charge is 0.328 e. The van der Waals surface area contributed by atoms with Crippen LogP contribution in [0.1, 0.15) is 46.5 Å². The Kier molecular flexibility index (Phi) is 8.46. The Morgan fingerprint density at radius 3 is 2.46 bits per heavy atom. The summed E-state index contributed by atoms with van der Waals surface area (Å²) in [5.41, 5.74) is 5.66. The van der Waals surface area contributed by atoms with E-state index < -0.39 is 0 Å². The summed E-state index contributed by atoms with van der Waals surface area (Å²) in [6.45, 7) is 8.91. The first-order chi connectivity index (χ1) is 6.16. The van der Waals surface area contributed by atoms with E-state index >= 15 is 0 Å². The molecule has 0 amide bonds. The van der Waals surface area contributed by atoms with Crippen molar-refractivity contribution in [2.45, 2.75) is 52.5 Å². The molecule has 0 spiro atoms. The van der Waals surface area contributed by atoms with Gasteiger partial charge in [0.15, 0.2) is 0 Å². The lowest BCUT2D eigenvalue weighted by molar-refractivity contribution is 0.484. The number of nitrogens with two attached hydrogens (primary N) is 1. The Labute approximate surface area is 83.3 Å². The van der Waals surface area contributed by atoms with Gasteiger partial charge in [0, 0.05) is 6.04 Å². The minimum Gasteiger partial charge on any atom is -0.328 e. The Bertz CT molecular complexity index is 102. The number of unbranched alkanes of at least 4 members (excludes halogenated alkanes) is 1. The standard InChI is InChI=1S/C11H26N2/c1-4-10(2)9-13-8-6-5-7-11(3)12/h10-11,13H,4-9,12H2,1-3H3. The van der Waals surface area contributed by atoms with Gasteiger partial charge >= 0.3 is 0 Å². The molecule has 0 bridgehead atoms. The van der Waals surface area contributed by atoms with Crippen molar-refractivity contribution < 1.29 is 0 Å². The SMILES string of the molecule is CCC(C)CNCCCCC(C)N. The molecule has 0 aliphatic carbocycles. The second kappa shape index (κ2) is 8.52. The molecule has 0 rings (SSSR count). The van der Waals surface area contributed by atoms with Gasteiger partial charge in [-0.3, -0.25) is 0 Å². The predicted molar refractivity (Wildman–Crippen MR) is 59.8 cm³/mol. The van der Waals surface area contributed by atoms with Gasteiger partial charge in [0.2, 0.25) is 0 Å². The second-order valence-corrected chi connectivity index (χ2v) is 4.19. The second-order valence-electron chi connectivity index (χ2n) is 4.19. The lowest BCUT2D eigenvalue weighted by Gasteiger charge is -2.10. The van der Waals surface area contributed by atoms with E-state index in [1.54, 1.807) is 0 Å². The van der Waals surface area contributed by atoms with E-state index in [1.165, 1.54) is 19.3 Å². The quantitative estimate of drug-likeness (QED) is 0.570. The number of hydrogen-bond donors (Lipinski definition) is 2. The molecule has 0 heterocycles. The van der Waals surface area contributed by atoms with Crippen molar-refractivity contribution in [3.05, 3.63) is 0 Å². The van der Waals surface area contributed by atoms with E-state index in [0.29, 0.717) is 6.04 Å². The first kappa shape index (κ1) is 12.9. The zero-order valence-corrected chi connectivity index (χ0v) is 9.47. The van der Waals surface area contributed by atoms with Crippen molar-refractivity contribution in [3.8, 4) is 0 Å². The summed E-state index contributed by atoms with van der Waals surface area (Å²) < 4.78 is 0. The zero-order chi connectivity index (χ0) is 10.1. The fourth-order valence-corrected chi connectivity index (χ4v) is 1.21. The summed E-state index contributed by atoms with van der Waals surface area (Å²) >= 11 is 0. The highest BCUT2D eigenvalue weighted by atomic mass is 14.8. The number of hydrogen-bond acceptors (Lipinski definition) is 2. The molecule has 0 saturated heterocycles. The molecule has 2 atom stereocenters. The Morgan fingerprint density at radius 1 is 1.23 bits per heavy atom. The summed E-state index contributed by atoms with van der Waals surface area (Å²) in [5, 5.41) is 3.47. The molecule has 0 aromatic carbocycles. The maximum Gasteiger partial charge on any atom is 0.00104 e. The van der Waals surface area contributed by atoms with Crippen LogP contribution in [0.2, 0.25) is 0 Å². The van der Waals surface area contributed by atoms with Gasteiger partial charge in [0.1, 0.15) is 0 Å². The molecule has 2 nitrogen and oxygen atoms in total. The van der Waals surface area contributed by atoms with E-state index in [9.17, 15) is 0 Å². The van der Waals surface area contributed by atoms with Gasteiger partial charge < -0.3 is 11.1 Å². The molecule has 0 aromatic rings. The molecule has 3 N–H and O–H groups in total. The fourth-order valence-electron chi connectivity index (χ4n) is 1.21. The third kappa shape index (κ3) is 9.84. The van der Waals surface area contributed by atoms with Crippen LogP contribution >= 0.6 is 0 Å². The molecule has 0 fully saturated rings. The monoisotopic (exact) mass is 186 g/mol. The van der Waals surface area contributed by atoms with E-state index in [1.807, 2.05) is 0 Å². The van der Waals surface area contributed by atoms with Gasteiger partial charge in [0.05, 0.1) is 0 Å². The van der Waals surface area contributed by atoms with Crippen LogP contribution < -0.4 is 11.1 Å². The Morgan fingerprint density at radius 2 is 1.92 bits per heavy atom. The van der Waals surface area contributed by atoms with Crippen molar-refractivity contribution in [1.29, 1.82) is 0 Å². The van der Waals surface area contributed by atoms with Crippen LogP contribution in [0.4, 0.5) is 0 Å². The number of nitrogens with one attached hydrogen (secondary N) is 1. The van der Waals surface area contributed by atoms with Crippen molar-refractivity contribution >= 4 is 0 Å². The van der Waals surface area contributed by atoms with Crippen LogP contribution in [-0.4, -0.2) is 19.1 Å². The van der Waals surface area contributed by atoms with Crippen LogP contribution in [0.3, 0.4) is 0 Å². The highest BCUT2D eigenvalue weighted by molar-refractivity contribution is 4.57. The van der Waals surface area contributed by atoms with Crippen molar-refractivity contribution in [3.63, 3.8) is 0 Å². The number of rotatable bonds is 8. The summed E-state index contributed by atoms with van der Waals surface area (Å²) in [6.07, 6.45) is 4.95. The van der Waals surface area contributed by atoms with Crippen LogP contribution in [0, 0.1) is 5.92 Å². The van der Waals surface area contributed by atoms with Crippen LogP contribution in [0.5, 0.6) is 0 Å².